The minimum atomic E-state index is -0.965. The van der Waals surface area contributed by atoms with Gasteiger partial charge in [0.15, 0.2) is 0 Å². The van der Waals surface area contributed by atoms with E-state index in [1.165, 1.54) is 6.07 Å². The second-order valence-corrected chi connectivity index (χ2v) is 4.26. The lowest BCUT2D eigenvalue weighted by Crippen LogP contribution is -2.00. The molecule has 0 radical (unpaired) electrons. The molecular formula is C15H11N3O2. The van der Waals surface area contributed by atoms with Gasteiger partial charge < -0.3 is 10.4 Å². The Balaban J connectivity index is 1.92. The van der Waals surface area contributed by atoms with E-state index in [1.54, 1.807) is 24.4 Å². The number of carboxylic acids is 1. The number of nitrogens with one attached hydrogen (secondary N) is 1. The van der Waals surface area contributed by atoms with E-state index in [0.717, 1.165) is 10.9 Å². The Labute approximate surface area is 114 Å². The Kier molecular flexibility index (Phi) is 3.01. The lowest BCUT2D eigenvalue weighted by molar-refractivity contribution is 0.0697. The van der Waals surface area contributed by atoms with Crippen LogP contribution in [0.3, 0.4) is 0 Å². The van der Waals surface area contributed by atoms with Crippen LogP contribution in [0.2, 0.25) is 0 Å². The number of hydrogen-bond donors (Lipinski definition) is 2. The van der Waals surface area contributed by atoms with Crippen LogP contribution in [0.1, 0.15) is 10.4 Å². The highest BCUT2D eigenvalue weighted by atomic mass is 16.4. The van der Waals surface area contributed by atoms with Gasteiger partial charge in [-0.25, -0.2) is 14.8 Å². The molecule has 1 heterocycles. The van der Waals surface area contributed by atoms with E-state index in [-0.39, 0.29) is 5.56 Å². The summed E-state index contributed by atoms with van der Waals surface area (Å²) in [6, 6.07) is 14.2. The number of para-hydroxylation sites is 1. The fourth-order valence-corrected chi connectivity index (χ4v) is 1.89. The smallest absolute Gasteiger partial charge is 0.335 e. The zero-order valence-corrected chi connectivity index (χ0v) is 10.4. The van der Waals surface area contributed by atoms with Crippen molar-refractivity contribution in [1.29, 1.82) is 0 Å². The summed E-state index contributed by atoms with van der Waals surface area (Å²) in [6.45, 7) is 0. The minimum absolute atomic E-state index is 0.218. The number of anilines is 2. The van der Waals surface area contributed by atoms with E-state index >= 15 is 0 Å². The molecule has 5 heteroatoms. The third-order valence-electron chi connectivity index (χ3n) is 2.85. The average molecular weight is 265 g/mol. The maximum atomic E-state index is 10.9. The molecule has 20 heavy (non-hydrogen) atoms. The van der Waals surface area contributed by atoms with Crippen LogP contribution in [0.5, 0.6) is 0 Å². The molecule has 0 spiro atoms. The highest BCUT2D eigenvalue weighted by Crippen LogP contribution is 2.17. The van der Waals surface area contributed by atoms with Crippen molar-refractivity contribution in [2.75, 3.05) is 5.32 Å². The second-order valence-electron chi connectivity index (χ2n) is 4.26. The molecular weight excluding hydrogens is 254 g/mol. The van der Waals surface area contributed by atoms with Crippen LogP contribution in [0.25, 0.3) is 10.9 Å². The molecule has 1 aromatic heterocycles. The fourth-order valence-electron chi connectivity index (χ4n) is 1.89. The quantitative estimate of drug-likeness (QED) is 0.761. The van der Waals surface area contributed by atoms with Crippen LogP contribution in [0, 0.1) is 0 Å². The first kappa shape index (κ1) is 12.1. The molecule has 0 bridgehead atoms. The largest absolute Gasteiger partial charge is 0.478 e. The standard InChI is InChI=1S/C15H11N3O2/c19-14(20)10-5-3-6-12(8-10)17-15-16-9-11-4-1-2-7-13(11)18-15/h1-9H,(H,19,20)(H,16,17,18). The number of hydrogen-bond acceptors (Lipinski definition) is 4. The molecule has 0 aliphatic carbocycles. The molecule has 0 unspecified atom stereocenters. The Morgan fingerprint density at radius 2 is 1.95 bits per heavy atom. The number of carboxylic acid groups (broad SMARTS) is 1. The average Bonchev–Trinajstić information content (AvgIpc) is 2.47. The summed E-state index contributed by atoms with van der Waals surface area (Å²) in [4.78, 5) is 19.5. The lowest BCUT2D eigenvalue weighted by atomic mass is 10.2. The number of rotatable bonds is 3. The van der Waals surface area contributed by atoms with E-state index in [0.29, 0.717) is 11.6 Å². The minimum Gasteiger partial charge on any atom is -0.478 e. The predicted octanol–water partition coefficient (Wildman–Crippen LogP) is 3.07. The number of carbonyl (C=O) groups is 1. The van der Waals surface area contributed by atoms with Gasteiger partial charge in [0.1, 0.15) is 0 Å². The third-order valence-corrected chi connectivity index (χ3v) is 2.85. The summed E-state index contributed by atoms with van der Waals surface area (Å²) in [5, 5.41) is 12.9. The zero-order chi connectivity index (χ0) is 13.9. The van der Waals surface area contributed by atoms with Crippen molar-refractivity contribution < 1.29 is 9.90 Å². The molecule has 0 aliphatic heterocycles. The van der Waals surface area contributed by atoms with Crippen LogP contribution in [-0.4, -0.2) is 21.0 Å². The van der Waals surface area contributed by atoms with Crippen molar-refractivity contribution in [1.82, 2.24) is 9.97 Å². The SMILES string of the molecule is O=C(O)c1cccc(Nc2ncc3ccccc3n2)c1. The number of benzene rings is 2. The molecule has 0 saturated heterocycles. The highest BCUT2D eigenvalue weighted by Gasteiger charge is 2.04. The summed E-state index contributed by atoms with van der Waals surface area (Å²) in [7, 11) is 0. The van der Waals surface area contributed by atoms with E-state index in [9.17, 15) is 4.79 Å². The van der Waals surface area contributed by atoms with Crippen LogP contribution >= 0.6 is 0 Å². The molecule has 0 atom stereocenters. The molecule has 0 fully saturated rings. The summed E-state index contributed by atoms with van der Waals surface area (Å²) in [5.41, 5.74) is 1.69. The van der Waals surface area contributed by atoms with Gasteiger partial charge in [-0.2, -0.15) is 0 Å². The summed E-state index contributed by atoms with van der Waals surface area (Å²) in [6.07, 6.45) is 1.73. The van der Waals surface area contributed by atoms with Crippen molar-refractivity contribution in [3.8, 4) is 0 Å². The number of nitrogens with zero attached hydrogens (tertiary/aromatic N) is 2. The Bertz CT molecular complexity index is 787. The van der Waals surface area contributed by atoms with Crippen LogP contribution in [0.4, 0.5) is 11.6 Å². The van der Waals surface area contributed by atoms with Gasteiger partial charge in [0, 0.05) is 17.3 Å². The second kappa shape index (κ2) is 4.97. The summed E-state index contributed by atoms with van der Waals surface area (Å²) < 4.78 is 0. The van der Waals surface area contributed by atoms with E-state index in [1.807, 2.05) is 24.3 Å². The van der Waals surface area contributed by atoms with Gasteiger partial charge in [-0.1, -0.05) is 24.3 Å². The Hall–Kier alpha value is -2.95. The molecule has 0 saturated carbocycles. The molecule has 5 nitrogen and oxygen atoms in total. The monoisotopic (exact) mass is 265 g/mol. The molecule has 2 N–H and O–H groups in total. The Morgan fingerprint density at radius 3 is 2.80 bits per heavy atom. The van der Waals surface area contributed by atoms with Gasteiger partial charge in [-0.3, -0.25) is 0 Å². The van der Waals surface area contributed by atoms with E-state index < -0.39 is 5.97 Å². The topological polar surface area (TPSA) is 75.1 Å². The maximum Gasteiger partial charge on any atom is 0.335 e. The van der Waals surface area contributed by atoms with Gasteiger partial charge in [0.2, 0.25) is 5.95 Å². The van der Waals surface area contributed by atoms with E-state index in [2.05, 4.69) is 15.3 Å². The van der Waals surface area contributed by atoms with Crippen molar-refractivity contribution in [2.24, 2.45) is 0 Å². The first-order valence-corrected chi connectivity index (χ1v) is 6.04. The Morgan fingerprint density at radius 1 is 1.10 bits per heavy atom. The molecule has 3 rings (SSSR count). The molecule has 2 aromatic carbocycles. The van der Waals surface area contributed by atoms with Crippen molar-refractivity contribution >= 4 is 28.5 Å². The zero-order valence-electron chi connectivity index (χ0n) is 10.4. The molecule has 98 valence electrons. The molecule has 0 amide bonds. The lowest BCUT2D eigenvalue weighted by Gasteiger charge is -2.06. The summed E-state index contributed by atoms with van der Waals surface area (Å²) in [5.74, 6) is -0.528. The molecule has 0 aliphatic rings. The maximum absolute atomic E-state index is 10.9. The number of aromatic carboxylic acids is 1. The molecule has 3 aromatic rings. The third kappa shape index (κ3) is 2.42. The van der Waals surface area contributed by atoms with Gasteiger partial charge in [-0.05, 0) is 24.3 Å². The van der Waals surface area contributed by atoms with Crippen molar-refractivity contribution in [3.63, 3.8) is 0 Å². The van der Waals surface area contributed by atoms with Gasteiger partial charge >= 0.3 is 5.97 Å². The number of aromatic nitrogens is 2. The number of fused-ring (bicyclic) bond motifs is 1. The van der Waals surface area contributed by atoms with Crippen molar-refractivity contribution in [2.45, 2.75) is 0 Å². The van der Waals surface area contributed by atoms with Gasteiger partial charge in [-0.15, -0.1) is 0 Å². The van der Waals surface area contributed by atoms with Crippen LogP contribution in [-0.2, 0) is 0 Å². The van der Waals surface area contributed by atoms with Gasteiger partial charge in [0.05, 0.1) is 11.1 Å². The van der Waals surface area contributed by atoms with Crippen molar-refractivity contribution in [3.05, 3.63) is 60.3 Å². The summed E-state index contributed by atoms with van der Waals surface area (Å²) >= 11 is 0. The van der Waals surface area contributed by atoms with Crippen LogP contribution in [0.15, 0.2) is 54.7 Å². The first-order chi connectivity index (χ1) is 9.72. The normalized spacial score (nSPS) is 10.4. The predicted molar refractivity (Wildman–Crippen MR) is 76.2 cm³/mol. The van der Waals surface area contributed by atoms with Crippen LogP contribution < -0.4 is 5.32 Å². The first-order valence-electron chi connectivity index (χ1n) is 6.04. The van der Waals surface area contributed by atoms with E-state index in [4.69, 9.17) is 5.11 Å². The fraction of sp³-hybridized carbons (Fsp3) is 0. The highest BCUT2D eigenvalue weighted by molar-refractivity contribution is 5.89. The van der Waals surface area contributed by atoms with Gasteiger partial charge in [0.25, 0.3) is 0 Å².